The second-order valence-electron chi connectivity index (χ2n) is 5.52. The lowest BCUT2D eigenvalue weighted by atomic mass is 10.1. The van der Waals surface area contributed by atoms with E-state index >= 15 is 0 Å². The summed E-state index contributed by atoms with van der Waals surface area (Å²) >= 11 is 3.60. The van der Waals surface area contributed by atoms with Crippen LogP contribution in [0.1, 0.15) is 37.6 Å². The molecule has 0 bridgehead atoms. The lowest BCUT2D eigenvalue weighted by molar-refractivity contribution is -0.123. The monoisotopic (exact) mass is 378 g/mol. The molecule has 1 aromatic carbocycles. The summed E-state index contributed by atoms with van der Waals surface area (Å²) in [6.07, 6.45) is 2.61. The van der Waals surface area contributed by atoms with Crippen molar-refractivity contribution in [1.82, 2.24) is 10.2 Å². The van der Waals surface area contributed by atoms with Crippen molar-refractivity contribution in [2.24, 2.45) is 0 Å². The quantitative estimate of drug-likeness (QED) is 0.750. The Morgan fingerprint density at radius 1 is 1.30 bits per heavy atom. The first-order valence-corrected chi connectivity index (χ1v) is 8.68. The number of amides is 1. The molecular formula is C18H23BrN2O2. The summed E-state index contributed by atoms with van der Waals surface area (Å²) in [6, 6.07) is 12.0. The molecule has 4 nitrogen and oxygen atoms in total. The van der Waals surface area contributed by atoms with Gasteiger partial charge in [-0.3, -0.25) is 9.69 Å². The number of hydrogen-bond donors (Lipinski definition) is 1. The fourth-order valence-corrected chi connectivity index (χ4v) is 3.16. The topological polar surface area (TPSA) is 45.5 Å². The van der Waals surface area contributed by atoms with E-state index < -0.39 is 0 Å². The summed E-state index contributed by atoms with van der Waals surface area (Å²) in [4.78, 5) is 14.4. The Hall–Kier alpha value is -1.59. The molecule has 0 aliphatic carbocycles. The Bertz CT molecular complexity index is 613. The molecule has 0 saturated heterocycles. The van der Waals surface area contributed by atoms with Crippen LogP contribution >= 0.6 is 15.9 Å². The second-order valence-corrected chi connectivity index (χ2v) is 6.38. The van der Waals surface area contributed by atoms with Crippen molar-refractivity contribution in [3.63, 3.8) is 0 Å². The molecule has 0 fully saturated rings. The lowest BCUT2D eigenvalue weighted by Gasteiger charge is -2.29. The summed E-state index contributed by atoms with van der Waals surface area (Å²) in [5.41, 5.74) is 1.19. The van der Waals surface area contributed by atoms with Gasteiger partial charge in [-0.05, 0) is 43.7 Å². The van der Waals surface area contributed by atoms with Gasteiger partial charge >= 0.3 is 0 Å². The number of benzene rings is 1. The second kappa shape index (κ2) is 8.89. The molecule has 0 saturated carbocycles. The van der Waals surface area contributed by atoms with Gasteiger partial charge in [0, 0.05) is 10.5 Å². The normalized spacial score (nSPS) is 12.3. The van der Waals surface area contributed by atoms with Gasteiger partial charge in [-0.2, -0.15) is 0 Å². The van der Waals surface area contributed by atoms with Crippen LogP contribution in [0.5, 0.6) is 0 Å². The summed E-state index contributed by atoms with van der Waals surface area (Å²) in [7, 11) is 0. The van der Waals surface area contributed by atoms with Gasteiger partial charge in [-0.25, -0.2) is 0 Å². The molecule has 124 valence electrons. The molecule has 0 radical (unpaired) electrons. The minimum absolute atomic E-state index is 0.00811. The summed E-state index contributed by atoms with van der Waals surface area (Å²) < 4.78 is 6.31. The maximum Gasteiger partial charge on any atom is 0.234 e. The molecule has 1 aromatic heterocycles. The number of halogens is 1. The maximum absolute atomic E-state index is 12.2. The van der Waals surface area contributed by atoms with Gasteiger partial charge in [0.1, 0.15) is 5.76 Å². The summed E-state index contributed by atoms with van der Waals surface area (Å²) in [6.45, 7) is 5.93. The van der Waals surface area contributed by atoms with E-state index in [0.29, 0.717) is 13.1 Å². The van der Waals surface area contributed by atoms with E-state index in [-0.39, 0.29) is 11.9 Å². The van der Waals surface area contributed by atoms with Crippen LogP contribution in [0.25, 0.3) is 0 Å². The van der Waals surface area contributed by atoms with Crippen molar-refractivity contribution < 1.29 is 9.21 Å². The van der Waals surface area contributed by atoms with E-state index in [4.69, 9.17) is 4.42 Å². The fourth-order valence-electron chi connectivity index (χ4n) is 2.55. The third kappa shape index (κ3) is 5.22. The highest BCUT2D eigenvalue weighted by Gasteiger charge is 2.19. The smallest absolute Gasteiger partial charge is 0.234 e. The zero-order valence-electron chi connectivity index (χ0n) is 13.6. The zero-order valence-corrected chi connectivity index (χ0v) is 15.2. The zero-order chi connectivity index (χ0) is 16.7. The van der Waals surface area contributed by atoms with Crippen molar-refractivity contribution in [3.8, 4) is 0 Å². The highest BCUT2D eigenvalue weighted by Crippen LogP contribution is 2.27. The van der Waals surface area contributed by atoms with E-state index in [1.54, 1.807) is 6.26 Å². The first kappa shape index (κ1) is 17.8. The maximum atomic E-state index is 12.2. The molecule has 1 atom stereocenters. The van der Waals surface area contributed by atoms with Crippen molar-refractivity contribution in [2.45, 2.75) is 32.9 Å². The molecule has 23 heavy (non-hydrogen) atoms. The minimum Gasteiger partial charge on any atom is -0.467 e. The molecule has 1 N–H and O–H groups in total. The van der Waals surface area contributed by atoms with E-state index in [9.17, 15) is 4.79 Å². The van der Waals surface area contributed by atoms with Crippen molar-refractivity contribution >= 4 is 21.8 Å². The van der Waals surface area contributed by atoms with Crippen LogP contribution in [0.15, 0.2) is 51.6 Å². The van der Waals surface area contributed by atoms with Gasteiger partial charge in [0.15, 0.2) is 0 Å². The third-order valence-corrected chi connectivity index (χ3v) is 4.52. The summed E-state index contributed by atoms with van der Waals surface area (Å²) in [5.74, 6) is 0.771. The molecule has 2 rings (SSSR count). The van der Waals surface area contributed by atoms with Crippen molar-refractivity contribution in [2.75, 3.05) is 13.1 Å². The van der Waals surface area contributed by atoms with Gasteiger partial charge in [-0.15, -0.1) is 0 Å². The van der Waals surface area contributed by atoms with Crippen molar-refractivity contribution in [1.29, 1.82) is 0 Å². The number of hydrogen-bond acceptors (Lipinski definition) is 3. The van der Waals surface area contributed by atoms with Crippen molar-refractivity contribution in [3.05, 3.63) is 58.5 Å². The highest BCUT2D eigenvalue weighted by molar-refractivity contribution is 9.10. The average Bonchev–Trinajstić information content (AvgIpc) is 3.06. The average molecular weight is 379 g/mol. The Morgan fingerprint density at radius 3 is 2.74 bits per heavy atom. The predicted molar refractivity (Wildman–Crippen MR) is 95.0 cm³/mol. The number of furan rings is 1. The first-order chi connectivity index (χ1) is 11.1. The van der Waals surface area contributed by atoms with Crippen LogP contribution in [-0.4, -0.2) is 23.9 Å². The van der Waals surface area contributed by atoms with Crippen LogP contribution in [0.4, 0.5) is 0 Å². The number of nitrogens with one attached hydrogen (secondary N) is 1. The van der Waals surface area contributed by atoms with Crippen LogP contribution in [0.3, 0.4) is 0 Å². The van der Waals surface area contributed by atoms with Gasteiger partial charge in [0.25, 0.3) is 0 Å². The largest absolute Gasteiger partial charge is 0.467 e. The molecule has 2 aromatic rings. The standard InChI is InChI=1S/C18H23BrN2O2/c1-3-10-21(14(2)16-8-4-5-9-17(16)19)13-18(22)20-12-15-7-6-11-23-15/h4-9,11,14H,3,10,12-13H2,1-2H3,(H,20,22). The molecule has 0 aliphatic rings. The first-order valence-electron chi connectivity index (χ1n) is 7.89. The number of carbonyl (C=O) groups excluding carboxylic acids is 1. The third-order valence-electron chi connectivity index (χ3n) is 3.80. The Morgan fingerprint density at radius 2 is 2.09 bits per heavy atom. The van der Waals surface area contributed by atoms with Crippen LogP contribution < -0.4 is 5.32 Å². The fraction of sp³-hybridized carbons (Fsp3) is 0.389. The van der Waals surface area contributed by atoms with Gasteiger partial charge in [0.2, 0.25) is 5.91 Å². The van der Waals surface area contributed by atoms with E-state index in [1.807, 2.05) is 30.3 Å². The minimum atomic E-state index is 0.00811. The molecule has 1 heterocycles. The van der Waals surface area contributed by atoms with Crippen LogP contribution in [0, 0.1) is 0 Å². The molecule has 5 heteroatoms. The Labute approximate surface area is 146 Å². The van der Waals surface area contributed by atoms with Gasteiger partial charge in [0.05, 0.1) is 19.4 Å². The van der Waals surface area contributed by atoms with Gasteiger partial charge in [-0.1, -0.05) is 41.1 Å². The number of rotatable bonds is 8. The summed E-state index contributed by atoms with van der Waals surface area (Å²) in [5, 5.41) is 2.91. The van der Waals surface area contributed by atoms with E-state index in [0.717, 1.165) is 23.2 Å². The molecule has 1 amide bonds. The molecule has 1 unspecified atom stereocenters. The molecule has 0 aliphatic heterocycles. The number of carbonyl (C=O) groups is 1. The predicted octanol–water partition coefficient (Wildman–Crippen LogP) is 4.13. The molecule has 0 spiro atoms. The number of nitrogens with zero attached hydrogens (tertiary/aromatic N) is 1. The van der Waals surface area contributed by atoms with Gasteiger partial charge < -0.3 is 9.73 Å². The Kier molecular flexibility index (Phi) is 6.86. The van der Waals surface area contributed by atoms with Crippen LogP contribution in [-0.2, 0) is 11.3 Å². The van der Waals surface area contributed by atoms with Crippen LogP contribution in [0.2, 0.25) is 0 Å². The SMILES string of the molecule is CCCN(CC(=O)NCc1ccco1)C(C)c1ccccc1Br. The molecular weight excluding hydrogens is 356 g/mol. The Balaban J connectivity index is 1.97. The van der Waals surface area contributed by atoms with E-state index in [1.165, 1.54) is 5.56 Å². The highest BCUT2D eigenvalue weighted by atomic mass is 79.9. The lowest BCUT2D eigenvalue weighted by Crippen LogP contribution is -2.38. The van der Waals surface area contributed by atoms with E-state index in [2.05, 4.69) is 46.1 Å².